The van der Waals surface area contributed by atoms with Crippen LogP contribution in [0.1, 0.15) is 46.0 Å². The fourth-order valence-electron chi connectivity index (χ4n) is 2.46. The Morgan fingerprint density at radius 1 is 1.04 bits per heavy atom. The predicted octanol–water partition coefficient (Wildman–Crippen LogP) is 3.14. The third-order valence-electron chi connectivity index (χ3n) is 3.96. The summed E-state index contributed by atoms with van der Waals surface area (Å²) in [4.78, 5) is 24.7. The molecule has 0 aliphatic heterocycles. The van der Waals surface area contributed by atoms with Crippen molar-refractivity contribution >= 4 is 17.5 Å². The molecule has 0 aliphatic carbocycles. The van der Waals surface area contributed by atoms with E-state index in [4.69, 9.17) is 5.11 Å². The first-order valence-corrected chi connectivity index (χ1v) is 8.40. The number of carbonyl (C=O) groups is 2. The van der Waals surface area contributed by atoms with Crippen molar-refractivity contribution in [3.63, 3.8) is 0 Å². The predicted molar refractivity (Wildman–Crippen MR) is 98.8 cm³/mol. The first-order chi connectivity index (χ1) is 12.0. The van der Waals surface area contributed by atoms with Gasteiger partial charge in [0.1, 0.15) is 0 Å². The van der Waals surface area contributed by atoms with Crippen molar-refractivity contribution in [1.29, 1.82) is 0 Å². The molecule has 5 heteroatoms. The van der Waals surface area contributed by atoms with E-state index < -0.39 is 0 Å². The van der Waals surface area contributed by atoms with Crippen LogP contribution in [0.3, 0.4) is 0 Å². The molecule has 1 unspecified atom stereocenters. The monoisotopic (exact) mass is 340 g/mol. The zero-order valence-electron chi connectivity index (χ0n) is 14.6. The molecule has 0 saturated carbocycles. The Kier molecular flexibility index (Phi) is 6.71. The molecule has 2 amide bonds. The largest absolute Gasteiger partial charge is 0.396 e. The average Bonchev–Trinajstić information content (AvgIpc) is 2.62. The van der Waals surface area contributed by atoms with Crippen molar-refractivity contribution < 1.29 is 14.7 Å². The van der Waals surface area contributed by atoms with Gasteiger partial charge < -0.3 is 15.7 Å². The number of aliphatic hydroxyl groups excluding tert-OH is 1. The molecule has 132 valence electrons. The lowest BCUT2D eigenvalue weighted by Gasteiger charge is -2.15. The summed E-state index contributed by atoms with van der Waals surface area (Å²) in [6, 6.07) is 14.2. The van der Waals surface area contributed by atoms with E-state index in [2.05, 4.69) is 10.6 Å². The van der Waals surface area contributed by atoms with Crippen molar-refractivity contribution in [2.45, 2.75) is 32.7 Å². The van der Waals surface area contributed by atoms with E-state index >= 15 is 0 Å². The Balaban J connectivity index is 2.09. The number of hydrogen-bond donors (Lipinski definition) is 3. The lowest BCUT2D eigenvalue weighted by molar-refractivity contribution is 0.0935. The number of aryl methyl sites for hydroxylation is 1. The van der Waals surface area contributed by atoms with E-state index in [0.717, 1.165) is 5.56 Å². The van der Waals surface area contributed by atoms with Crippen LogP contribution in [0.15, 0.2) is 48.5 Å². The molecule has 1 atom stereocenters. The summed E-state index contributed by atoms with van der Waals surface area (Å²) in [5.74, 6) is -0.404. The van der Waals surface area contributed by atoms with Crippen LogP contribution in [-0.2, 0) is 0 Å². The highest BCUT2D eigenvalue weighted by molar-refractivity contribution is 6.05. The fourth-order valence-corrected chi connectivity index (χ4v) is 2.46. The first-order valence-electron chi connectivity index (χ1n) is 8.40. The highest BCUT2D eigenvalue weighted by Crippen LogP contribution is 2.18. The smallest absolute Gasteiger partial charge is 0.255 e. The summed E-state index contributed by atoms with van der Waals surface area (Å²) in [6.07, 6.45) is 1.36. The molecular weight excluding hydrogens is 316 g/mol. The van der Waals surface area contributed by atoms with Crippen LogP contribution in [0.2, 0.25) is 0 Å². The van der Waals surface area contributed by atoms with Crippen molar-refractivity contribution in [2.24, 2.45) is 0 Å². The number of rotatable bonds is 7. The molecule has 0 bridgehead atoms. The van der Waals surface area contributed by atoms with Crippen LogP contribution >= 0.6 is 0 Å². The normalized spacial score (nSPS) is 11.6. The zero-order valence-corrected chi connectivity index (χ0v) is 14.6. The lowest BCUT2D eigenvalue weighted by atomic mass is 10.1. The second kappa shape index (κ2) is 8.99. The second-order valence-electron chi connectivity index (χ2n) is 6.09. The molecule has 0 fully saturated rings. The van der Waals surface area contributed by atoms with Gasteiger partial charge in [-0.15, -0.1) is 0 Å². The van der Waals surface area contributed by atoms with Crippen LogP contribution in [-0.4, -0.2) is 29.6 Å². The van der Waals surface area contributed by atoms with E-state index in [9.17, 15) is 9.59 Å². The number of amides is 2. The summed E-state index contributed by atoms with van der Waals surface area (Å²) < 4.78 is 0. The maximum atomic E-state index is 12.4. The summed E-state index contributed by atoms with van der Waals surface area (Å²) in [7, 11) is 0. The third kappa shape index (κ3) is 5.43. The highest BCUT2D eigenvalue weighted by atomic mass is 16.3. The summed E-state index contributed by atoms with van der Waals surface area (Å²) in [5, 5.41) is 14.6. The Labute approximate surface area is 148 Å². The maximum absolute atomic E-state index is 12.4. The van der Waals surface area contributed by atoms with Crippen LogP contribution in [0.25, 0.3) is 0 Å². The number of aliphatic hydroxyl groups is 1. The van der Waals surface area contributed by atoms with Gasteiger partial charge in [-0.25, -0.2) is 0 Å². The molecule has 0 heterocycles. The van der Waals surface area contributed by atoms with Gasteiger partial charge in [0.05, 0.1) is 0 Å². The van der Waals surface area contributed by atoms with Crippen molar-refractivity contribution in [1.82, 2.24) is 5.32 Å². The molecule has 5 nitrogen and oxygen atoms in total. The van der Waals surface area contributed by atoms with E-state index in [1.807, 2.05) is 26.0 Å². The number of benzene rings is 2. The zero-order chi connectivity index (χ0) is 18.2. The van der Waals surface area contributed by atoms with Gasteiger partial charge in [-0.1, -0.05) is 24.3 Å². The van der Waals surface area contributed by atoms with Gasteiger partial charge >= 0.3 is 0 Å². The molecule has 0 spiro atoms. The second-order valence-corrected chi connectivity index (χ2v) is 6.09. The van der Waals surface area contributed by atoms with E-state index in [-0.39, 0.29) is 24.5 Å². The molecule has 0 aliphatic rings. The average molecular weight is 340 g/mol. The maximum Gasteiger partial charge on any atom is 0.255 e. The standard InChI is InChI=1S/C20H24N2O3/c1-14-10-11-17(20(25)21-15(2)7-6-12-23)13-18(14)22-19(24)16-8-4-3-5-9-16/h3-5,8-11,13,15,23H,6-7,12H2,1-2H3,(H,21,25)(H,22,24). The quantitative estimate of drug-likeness (QED) is 0.724. The Morgan fingerprint density at radius 3 is 2.44 bits per heavy atom. The van der Waals surface area contributed by atoms with Crippen LogP contribution in [0, 0.1) is 6.92 Å². The molecule has 0 radical (unpaired) electrons. The number of carbonyl (C=O) groups excluding carboxylic acids is 2. The minimum absolute atomic E-state index is 0.0247. The van der Waals surface area contributed by atoms with Gasteiger partial charge in [0.15, 0.2) is 0 Å². The Hall–Kier alpha value is -2.66. The molecule has 0 aromatic heterocycles. The summed E-state index contributed by atoms with van der Waals surface area (Å²) in [5.41, 5.74) is 2.55. The molecule has 2 rings (SSSR count). The first kappa shape index (κ1) is 18.7. The van der Waals surface area contributed by atoms with Crippen LogP contribution < -0.4 is 10.6 Å². The summed E-state index contributed by atoms with van der Waals surface area (Å²) >= 11 is 0. The SMILES string of the molecule is Cc1ccc(C(=O)NC(C)CCCO)cc1NC(=O)c1ccccc1. The van der Waals surface area contributed by atoms with E-state index in [1.54, 1.807) is 36.4 Å². The summed E-state index contributed by atoms with van der Waals surface area (Å²) in [6.45, 7) is 3.90. The van der Waals surface area contributed by atoms with E-state index in [1.165, 1.54) is 0 Å². The van der Waals surface area contributed by atoms with Crippen LogP contribution in [0.4, 0.5) is 5.69 Å². The minimum Gasteiger partial charge on any atom is -0.396 e. The molecule has 2 aromatic carbocycles. The van der Waals surface area contributed by atoms with Gasteiger partial charge in [0, 0.05) is 29.5 Å². The Morgan fingerprint density at radius 2 is 1.76 bits per heavy atom. The van der Waals surface area contributed by atoms with Crippen molar-refractivity contribution in [3.8, 4) is 0 Å². The molecular formula is C20H24N2O3. The minimum atomic E-state index is -0.211. The lowest BCUT2D eigenvalue weighted by Crippen LogP contribution is -2.32. The van der Waals surface area contributed by atoms with Crippen molar-refractivity contribution in [3.05, 3.63) is 65.2 Å². The van der Waals surface area contributed by atoms with Crippen molar-refractivity contribution in [2.75, 3.05) is 11.9 Å². The van der Waals surface area contributed by atoms with E-state index in [0.29, 0.717) is 29.7 Å². The van der Waals surface area contributed by atoms with Gasteiger partial charge in [0.2, 0.25) is 0 Å². The molecule has 0 saturated heterocycles. The topological polar surface area (TPSA) is 78.4 Å². The molecule has 25 heavy (non-hydrogen) atoms. The fraction of sp³-hybridized carbons (Fsp3) is 0.300. The van der Waals surface area contributed by atoms with Gasteiger partial charge in [-0.2, -0.15) is 0 Å². The van der Waals surface area contributed by atoms with Crippen LogP contribution in [0.5, 0.6) is 0 Å². The van der Waals surface area contributed by atoms with Gasteiger partial charge in [-0.3, -0.25) is 9.59 Å². The number of nitrogens with one attached hydrogen (secondary N) is 2. The Bertz CT molecular complexity index is 729. The van der Waals surface area contributed by atoms with Gasteiger partial charge in [-0.05, 0) is 56.5 Å². The molecule has 3 N–H and O–H groups in total. The number of hydrogen-bond acceptors (Lipinski definition) is 3. The van der Waals surface area contributed by atoms with Gasteiger partial charge in [0.25, 0.3) is 11.8 Å². The number of anilines is 1. The third-order valence-corrected chi connectivity index (χ3v) is 3.96. The highest BCUT2D eigenvalue weighted by Gasteiger charge is 2.13. The molecule has 2 aromatic rings.